The van der Waals surface area contributed by atoms with E-state index in [-0.39, 0.29) is 12.5 Å². The summed E-state index contributed by atoms with van der Waals surface area (Å²) in [6.07, 6.45) is 2.92. The number of carbonyl (C=O) groups excluding carboxylic acids is 1. The van der Waals surface area contributed by atoms with E-state index in [1.165, 1.54) is 4.88 Å². The fourth-order valence-electron chi connectivity index (χ4n) is 1.67. The van der Waals surface area contributed by atoms with Crippen LogP contribution in [0.3, 0.4) is 0 Å². The minimum absolute atomic E-state index is 0.0119. The summed E-state index contributed by atoms with van der Waals surface area (Å²) in [6.45, 7) is 5.84. The lowest BCUT2D eigenvalue weighted by molar-refractivity contribution is -0.127. The normalized spacial score (nSPS) is 11.4. The van der Waals surface area contributed by atoms with Crippen molar-refractivity contribution in [1.82, 2.24) is 20.5 Å². The van der Waals surface area contributed by atoms with Crippen molar-refractivity contribution in [2.45, 2.75) is 20.3 Å². The number of aryl methyl sites for hydroxylation is 2. The minimum Gasteiger partial charge on any atom is -0.356 e. The molecule has 0 aliphatic rings. The highest BCUT2D eigenvalue weighted by Crippen LogP contribution is 2.16. The first kappa shape index (κ1) is 19.8. The molecular formula is C15H27N5OS2. The molecule has 1 heterocycles. The average molecular weight is 358 g/mol. The highest BCUT2D eigenvalue weighted by Gasteiger charge is 2.06. The number of thiazole rings is 1. The van der Waals surface area contributed by atoms with Crippen LogP contribution in [0.1, 0.15) is 15.6 Å². The molecule has 130 valence electrons. The molecule has 2 N–H and O–H groups in total. The van der Waals surface area contributed by atoms with Crippen molar-refractivity contribution in [1.29, 1.82) is 0 Å². The van der Waals surface area contributed by atoms with Gasteiger partial charge in [-0.3, -0.25) is 4.79 Å². The molecule has 0 aromatic carbocycles. The summed E-state index contributed by atoms with van der Waals surface area (Å²) in [6, 6.07) is 0. The second-order valence-electron chi connectivity index (χ2n) is 5.30. The van der Waals surface area contributed by atoms with Gasteiger partial charge in [-0.15, -0.1) is 11.3 Å². The van der Waals surface area contributed by atoms with Crippen LogP contribution in [0.25, 0.3) is 0 Å². The molecule has 0 unspecified atom stereocenters. The number of rotatable bonds is 8. The van der Waals surface area contributed by atoms with Crippen LogP contribution in [0.5, 0.6) is 0 Å². The Morgan fingerprint density at radius 1 is 1.30 bits per heavy atom. The maximum atomic E-state index is 11.7. The van der Waals surface area contributed by atoms with Gasteiger partial charge in [0.25, 0.3) is 0 Å². The topological polar surface area (TPSA) is 69.6 Å². The molecule has 8 heteroatoms. The van der Waals surface area contributed by atoms with Crippen LogP contribution >= 0.6 is 23.1 Å². The first-order valence-electron chi connectivity index (χ1n) is 7.58. The third kappa shape index (κ3) is 7.69. The van der Waals surface area contributed by atoms with E-state index in [4.69, 9.17) is 0 Å². The second-order valence-corrected chi connectivity index (χ2v) is 7.57. The zero-order valence-electron chi connectivity index (χ0n) is 14.6. The van der Waals surface area contributed by atoms with Gasteiger partial charge in [0.15, 0.2) is 5.96 Å². The molecule has 0 spiro atoms. The van der Waals surface area contributed by atoms with Gasteiger partial charge in [0.05, 0.1) is 10.7 Å². The Balaban J connectivity index is 2.50. The monoisotopic (exact) mass is 357 g/mol. The molecule has 0 saturated heterocycles. The van der Waals surface area contributed by atoms with Gasteiger partial charge in [-0.1, -0.05) is 0 Å². The standard InChI is InChI=1S/C15H27N5OS2/c1-11-12(2)23-13(19-11)6-7-16-15(17-8-9-22-5)18-10-14(21)20(3)4/h6-10H2,1-5H3,(H2,16,17,18). The second kappa shape index (κ2) is 10.5. The van der Waals surface area contributed by atoms with Crippen molar-refractivity contribution in [3.05, 3.63) is 15.6 Å². The third-order valence-corrected chi connectivity index (χ3v) is 4.92. The highest BCUT2D eigenvalue weighted by molar-refractivity contribution is 7.98. The van der Waals surface area contributed by atoms with Gasteiger partial charge in [0.1, 0.15) is 6.54 Å². The first-order valence-corrected chi connectivity index (χ1v) is 9.79. The fourth-order valence-corrected chi connectivity index (χ4v) is 2.91. The number of nitrogens with one attached hydrogen (secondary N) is 2. The average Bonchev–Trinajstić information content (AvgIpc) is 2.82. The number of nitrogens with zero attached hydrogens (tertiary/aromatic N) is 3. The number of aromatic nitrogens is 1. The summed E-state index contributed by atoms with van der Waals surface area (Å²) in [5.74, 6) is 1.66. The predicted octanol–water partition coefficient (Wildman–Crippen LogP) is 1.29. The summed E-state index contributed by atoms with van der Waals surface area (Å²) >= 11 is 3.50. The number of amides is 1. The largest absolute Gasteiger partial charge is 0.356 e. The number of aliphatic imine (C=N–C) groups is 1. The number of hydrogen-bond acceptors (Lipinski definition) is 5. The van der Waals surface area contributed by atoms with E-state index in [0.717, 1.165) is 36.0 Å². The van der Waals surface area contributed by atoms with Crippen LogP contribution in [0, 0.1) is 13.8 Å². The van der Waals surface area contributed by atoms with Crippen LogP contribution in [0.4, 0.5) is 0 Å². The molecule has 1 amide bonds. The van der Waals surface area contributed by atoms with Crippen LogP contribution in [-0.2, 0) is 11.2 Å². The fraction of sp³-hybridized carbons (Fsp3) is 0.667. The van der Waals surface area contributed by atoms with Crippen molar-refractivity contribution in [2.75, 3.05) is 45.7 Å². The van der Waals surface area contributed by atoms with E-state index in [1.807, 2.05) is 6.92 Å². The van der Waals surface area contributed by atoms with Crippen molar-refractivity contribution in [3.8, 4) is 0 Å². The molecule has 1 aromatic heterocycles. The van der Waals surface area contributed by atoms with Gasteiger partial charge < -0.3 is 15.5 Å². The molecular weight excluding hydrogens is 330 g/mol. The van der Waals surface area contributed by atoms with E-state index in [0.29, 0.717) is 5.96 Å². The van der Waals surface area contributed by atoms with Gasteiger partial charge in [-0.25, -0.2) is 9.98 Å². The lowest BCUT2D eigenvalue weighted by Gasteiger charge is -2.13. The van der Waals surface area contributed by atoms with Crippen molar-refractivity contribution >= 4 is 35.0 Å². The SMILES string of the molecule is CSCCNC(=NCC(=O)N(C)C)NCCc1nc(C)c(C)s1. The Morgan fingerprint density at radius 3 is 2.57 bits per heavy atom. The predicted molar refractivity (Wildman–Crippen MR) is 101 cm³/mol. The summed E-state index contributed by atoms with van der Waals surface area (Å²) < 4.78 is 0. The van der Waals surface area contributed by atoms with E-state index >= 15 is 0 Å². The van der Waals surface area contributed by atoms with Crippen molar-refractivity contribution in [3.63, 3.8) is 0 Å². The Labute approximate surface area is 147 Å². The van der Waals surface area contributed by atoms with Crippen LogP contribution in [0.2, 0.25) is 0 Å². The van der Waals surface area contributed by atoms with Gasteiger partial charge in [0, 0.05) is 44.2 Å². The quantitative estimate of drug-likeness (QED) is 0.417. The molecule has 0 aliphatic carbocycles. The minimum atomic E-state index is -0.0119. The molecule has 23 heavy (non-hydrogen) atoms. The van der Waals surface area contributed by atoms with Crippen molar-refractivity contribution < 1.29 is 4.79 Å². The number of likely N-dealkylation sites (N-methyl/N-ethyl adjacent to an activating group) is 1. The lowest BCUT2D eigenvalue weighted by Crippen LogP contribution is -2.40. The lowest BCUT2D eigenvalue weighted by atomic mass is 10.4. The molecule has 0 saturated carbocycles. The van der Waals surface area contributed by atoms with E-state index in [9.17, 15) is 4.79 Å². The molecule has 0 bridgehead atoms. The summed E-state index contributed by atoms with van der Waals surface area (Å²) in [5, 5.41) is 7.65. The maximum Gasteiger partial charge on any atom is 0.243 e. The number of carbonyl (C=O) groups is 1. The summed E-state index contributed by atoms with van der Waals surface area (Å²) in [7, 11) is 3.47. The zero-order valence-corrected chi connectivity index (χ0v) is 16.2. The Hall–Kier alpha value is -1.28. The highest BCUT2D eigenvalue weighted by atomic mass is 32.2. The Kier molecular flexibility index (Phi) is 9.01. The van der Waals surface area contributed by atoms with Gasteiger partial charge in [0.2, 0.25) is 5.91 Å². The van der Waals surface area contributed by atoms with Crippen molar-refractivity contribution in [2.24, 2.45) is 4.99 Å². The van der Waals surface area contributed by atoms with E-state index in [1.54, 1.807) is 42.1 Å². The van der Waals surface area contributed by atoms with Crippen LogP contribution in [0.15, 0.2) is 4.99 Å². The molecule has 0 fully saturated rings. The van der Waals surface area contributed by atoms with Gasteiger partial charge in [-0.2, -0.15) is 11.8 Å². The zero-order chi connectivity index (χ0) is 17.2. The van der Waals surface area contributed by atoms with Crippen LogP contribution in [-0.4, -0.2) is 67.5 Å². The first-order chi connectivity index (χ1) is 10.9. The van der Waals surface area contributed by atoms with Gasteiger partial charge in [-0.05, 0) is 20.1 Å². The van der Waals surface area contributed by atoms with E-state index in [2.05, 4.69) is 33.8 Å². The number of hydrogen-bond donors (Lipinski definition) is 2. The molecule has 0 aliphatic heterocycles. The Bertz CT molecular complexity index is 508. The van der Waals surface area contributed by atoms with Gasteiger partial charge >= 0.3 is 0 Å². The summed E-state index contributed by atoms with van der Waals surface area (Å²) in [5.41, 5.74) is 1.11. The van der Waals surface area contributed by atoms with Crippen LogP contribution < -0.4 is 10.6 Å². The smallest absolute Gasteiger partial charge is 0.243 e. The third-order valence-electron chi connectivity index (χ3n) is 3.17. The molecule has 1 aromatic rings. The van der Waals surface area contributed by atoms with E-state index < -0.39 is 0 Å². The molecule has 6 nitrogen and oxygen atoms in total. The molecule has 1 rings (SSSR count). The number of thioether (sulfide) groups is 1. The Morgan fingerprint density at radius 2 is 2.00 bits per heavy atom. The maximum absolute atomic E-state index is 11.7. The molecule has 0 radical (unpaired) electrons. The molecule has 0 atom stereocenters. The number of guanidine groups is 1. The summed E-state index contributed by atoms with van der Waals surface area (Å²) in [4.78, 5) is 23.4.